The first kappa shape index (κ1) is 27.7. The molecule has 0 bridgehead atoms. The number of aromatic nitrogens is 1. The number of benzene rings is 1. The molecular formula is C26H30ClF3N4O2. The maximum absolute atomic E-state index is 13.9. The number of alkyl halides is 3. The number of pyridine rings is 1. The quantitative estimate of drug-likeness (QED) is 0.478. The summed E-state index contributed by atoms with van der Waals surface area (Å²) in [5, 5.41) is 5.65. The highest BCUT2D eigenvalue weighted by molar-refractivity contribution is 6.30. The lowest BCUT2D eigenvalue weighted by Gasteiger charge is -2.26. The first-order valence-electron chi connectivity index (χ1n) is 11.5. The van der Waals surface area contributed by atoms with Crippen LogP contribution in [0.1, 0.15) is 40.0 Å². The maximum Gasteiger partial charge on any atom is 0.398 e. The predicted octanol–water partition coefficient (Wildman–Crippen LogP) is 4.42. The molecule has 1 aliphatic rings. The molecule has 3 rings (SSSR count). The van der Waals surface area contributed by atoms with E-state index in [-0.39, 0.29) is 42.6 Å². The molecule has 36 heavy (non-hydrogen) atoms. The summed E-state index contributed by atoms with van der Waals surface area (Å²) in [4.78, 5) is 30.7. The Kier molecular flexibility index (Phi) is 8.46. The van der Waals surface area contributed by atoms with E-state index in [1.807, 2.05) is 32.0 Å². The summed E-state index contributed by atoms with van der Waals surface area (Å²) < 4.78 is 41.7. The van der Waals surface area contributed by atoms with Crippen molar-refractivity contribution < 1.29 is 22.8 Å². The number of rotatable bonds is 9. The average molecular weight is 523 g/mol. The van der Waals surface area contributed by atoms with Gasteiger partial charge < -0.3 is 15.5 Å². The Balaban J connectivity index is 1.77. The van der Waals surface area contributed by atoms with E-state index in [0.717, 1.165) is 17.2 Å². The van der Waals surface area contributed by atoms with E-state index in [0.29, 0.717) is 17.0 Å². The van der Waals surface area contributed by atoms with E-state index in [4.69, 9.17) is 11.6 Å². The second kappa shape index (κ2) is 11.0. The first-order valence-corrected chi connectivity index (χ1v) is 11.9. The van der Waals surface area contributed by atoms with E-state index >= 15 is 0 Å². The van der Waals surface area contributed by atoms with Crippen molar-refractivity contribution in [3.63, 3.8) is 0 Å². The molecule has 0 spiro atoms. The second-order valence-corrected chi connectivity index (χ2v) is 9.72. The summed E-state index contributed by atoms with van der Waals surface area (Å²) in [5.41, 5.74) is 0.361. The van der Waals surface area contributed by atoms with Crippen molar-refractivity contribution in [2.75, 3.05) is 27.7 Å². The number of hydrogen-bond acceptors (Lipinski definition) is 4. The maximum atomic E-state index is 13.9. The third kappa shape index (κ3) is 6.25. The molecule has 194 valence electrons. The summed E-state index contributed by atoms with van der Waals surface area (Å²) in [5.74, 6) is -0.790. The fourth-order valence-corrected chi connectivity index (χ4v) is 4.24. The normalized spacial score (nSPS) is 16.0. The summed E-state index contributed by atoms with van der Waals surface area (Å²) >= 11 is 5.86. The third-order valence-electron chi connectivity index (χ3n) is 6.62. The van der Waals surface area contributed by atoms with Crippen LogP contribution in [0.25, 0.3) is 5.57 Å². The van der Waals surface area contributed by atoms with E-state index in [2.05, 4.69) is 15.6 Å². The lowest BCUT2D eigenvalue weighted by atomic mass is 9.91. The van der Waals surface area contributed by atoms with Gasteiger partial charge in [-0.3, -0.25) is 14.6 Å². The fourth-order valence-electron chi connectivity index (χ4n) is 4.13. The lowest BCUT2D eigenvalue weighted by molar-refractivity contribution is -0.168. The number of carbonyl (C=O) groups excluding carboxylic acids is 2. The zero-order valence-electron chi connectivity index (χ0n) is 20.7. The number of aryl methyl sites for hydroxylation is 1. The number of allylic oxidation sites excluding steroid dienone is 1. The number of nitrogens with one attached hydrogen (secondary N) is 2. The molecule has 0 radical (unpaired) electrons. The molecule has 0 aliphatic heterocycles. The Morgan fingerprint density at radius 1 is 1.22 bits per heavy atom. The minimum atomic E-state index is -4.50. The third-order valence-corrected chi connectivity index (χ3v) is 6.84. The topological polar surface area (TPSA) is 74.3 Å². The molecule has 2 N–H and O–H groups in total. The summed E-state index contributed by atoms with van der Waals surface area (Å²) in [6.07, 6.45) is -1.81. The van der Waals surface area contributed by atoms with E-state index in [9.17, 15) is 22.8 Å². The summed E-state index contributed by atoms with van der Waals surface area (Å²) in [6, 6.07) is 8.17. The molecule has 1 heterocycles. The minimum absolute atomic E-state index is 0.0837. The Labute approximate surface area is 213 Å². The van der Waals surface area contributed by atoms with Crippen molar-refractivity contribution >= 4 is 29.0 Å². The van der Waals surface area contributed by atoms with Crippen molar-refractivity contribution in [3.05, 3.63) is 70.0 Å². The summed E-state index contributed by atoms with van der Waals surface area (Å²) in [7, 11) is 5.30. The SMILES string of the molecule is CNC(=O)c1ccc(C[C@@H](CNC(=O)/C=C(/c2ccc(Cl)cn2)C2(C(F)(F)F)CC2)N(C)C)c(C)c1. The fraction of sp³-hybridized carbons (Fsp3) is 0.423. The highest BCUT2D eigenvalue weighted by atomic mass is 35.5. The molecule has 6 nitrogen and oxygen atoms in total. The van der Waals surface area contributed by atoms with Crippen molar-refractivity contribution in [3.8, 4) is 0 Å². The van der Waals surface area contributed by atoms with Crippen LogP contribution in [0.5, 0.6) is 0 Å². The van der Waals surface area contributed by atoms with Gasteiger partial charge in [0.05, 0.1) is 16.1 Å². The van der Waals surface area contributed by atoms with Gasteiger partial charge in [-0.05, 0) is 81.2 Å². The highest BCUT2D eigenvalue weighted by Crippen LogP contribution is 2.64. The molecule has 0 saturated heterocycles. The lowest BCUT2D eigenvalue weighted by Crippen LogP contribution is -2.41. The zero-order chi connectivity index (χ0) is 26.7. The highest BCUT2D eigenvalue weighted by Gasteiger charge is 2.65. The monoisotopic (exact) mass is 522 g/mol. The van der Waals surface area contributed by atoms with Gasteiger partial charge in [0.25, 0.3) is 5.91 Å². The zero-order valence-corrected chi connectivity index (χ0v) is 21.4. The van der Waals surface area contributed by atoms with Gasteiger partial charge in [0, 0.05) is 37.5 Å². The molecule has 1 fully saturated rings. The van der Waals surface area contributed by atoms with Gasteiger partial charge in [-0.15, -0.1) is 0 Å². The van der Waals surface area contributed by atoms with Crippen molar-refractivity contribution in [1.29, 1.82) is 0 Å². The van der Waals surface area contributed by atoms with Crippen LogP contribution in [-0.2, 0) is 11.2 Å². The van der Waals surface area contributed by atoms with Crippen LogP contribution in [0.2, 0.25) is 5.02 Å². The van der Waals surface area contributed by atoms with Crippen molar-refractivity contribution in [1.82, 2.24) is 20.5 Å². The number of amides is 2. The molecule has 1 saturated carbocycles. The first-order chi connectivity index (χ1) is 16.9. The average Bonchev–Trinajstić information content (AvgIpc) is 3.63. The summed E-state index contributed by atoms with van der Waals surface area (Å²) in [6.45, 7) is 2.13. The minimum Gasteiger partial charge on any atom is -0.355 e. The molecular weight excluding hydrogens is 493 g/mol. The Morgan fingerprint density at radius 3 is 2.42 bits per heavy atom. The number of likely N-dealkylation sites (N-methyl/N-ethyl adjacent to an activating group) is 1. The Hall–Kier alpha value is -2.91. The molecule has 1 aromatic carbocycles. The smallest absolute Gasteiger partial charge is 0.355 e. The van der Waals surface area contributed by atoms with Crippen LogP contribution >= 0.6 is 11.6 Å². The van der Waals surface area contributed by atoms with Crippen LogP contribution in [0.4, 0.5) is 13.2 Å². The second-order valence-electron chi connectivity index (χ2n) is 9.29. The Morgan fingerprint density at radius 2 is 1.92 bits per heavy atom. The van der Waals surface area contributed by atoms with Gasteiger partial charge >= 0.3 is 6.18 Å². The number of halogens is 4. The van der Waals surface area contributed by atoms with Crippen LogP contribution in [-0.4, -0.2) is 61.6 Å². The van der Waals surface area contributed by atoms with Gasteiger partial charge in [0.2, 0.25) is 5.91 Å². The van der Waals surface area contributed by atoms with Crippen LogP contribution < -0.4 is 10.6 Å². The molecule has 1 atom stereocenters. The number of nitrogens with zero attached hydrogens (tertiary/aromatic N) is 2. The molecule has 10 heteroatoms. The number of hydrogen-bond donors (Lipinski definition) is 2. The van der Waals surface area contributed by atoms with E-state index < -0.39 is 17.5 Å². The van der Waals surface area contributed by atoms with Crippen molar-refractivity contribution in [2.24, 2.45) is 5.41 Å². The molecule has 0 unspecified atom stereocenters. The van der Waals surface area contributed by atoms with Gasteiger partial charge in [-0.2, -0.15) is 13.2 Å². The van der Waals surface area contributed by atoms with Crippen molar-refractivity contribution in [2.45, 2.75) is 38.4 Å². The molecule has 2 aromatic rings. The van der Waals surface area contributed by atoms with Gasteiger partial charge in [0.1, 0.15) is 0 Å². The largest absolute Gasteiger partial charge is 0.398 e. The standard InChI is InChI=1S/C26H30ClF3N4O2/c1-16-11-18(24(36)31-2)6-5-17(16)12-20(34(3)4)15-33-23(35)13-21(22-8-7-19(27)14-32-22)25(9-10-25)26(28,29)30/h5-8,11,13-14,20H,9-10,12,15H2,1-4H3,(H,31,36)(H,33,35)/b21-13-/t20-/m0/s1. The molecule has 1 aliphatic carbocycles. The van der Waals surface area contributed by atoms with Crippen LogP contribution in [0, 0.1) is 12.3 Å². The van der Waals surface area contributed by atoms with Gasteiger partial charge in [-0.25, -0.2) is 0 Å². The van der Waals surface area contributed by atoms with E-state index in [1.54, 1.807) is 19.2 Å². The van der Waals surface area contributed by atoms with Gasteiger partial charge in [-0.1, -0.05) is 17.7 Å². The molecule has 2 amide bonds. The predicted molar refractivity (Wildman–Crippen MR) is 134 cm³/mol. The van der Waals surface area contributed by atoms with Crippen LogP contribution in [0.15, 0.2) is 42.6 Å². The Bertz CT molecular complexity index is 1140. The molecule has 1 aromatic heterocycles. The van der Waals surface area contributed by atoms with Crippen LogP contribution in [0.3, 0.4) is 0 Å². The van der Waals surface area contributed by atoms with Gasteiger partial charge in [0.15, 0.2) is 0 Å². The van der Waals surface area contributed by atoms with E-state index in [1.165, 1.54) is 18.3 Å². The number of carbonyl (C=O) groups is 2.